The fourth-order valence-electron chi connectivity index (χ4n) is 2.34. The molecule has 0 saturated heterocycles. The Morgan fingerprint density at radius 1 is 1.40 bits per heavy atom. The molecule has 2 rings (SSSR count). The molecule has 0 aliphatic rings. The fraction of sp³-hybridized carbons (Fsp3) is 0.500. The van der Waals surface area contributed by atoms with E-state index in [2.05, 4.69) is 15.5 Å². The SMILES string of the molecule is CCC(C)C(NC(=O)CSc1nnc(-c2cccs2)n1CC)C(N)=O. The van der Waals surface area contributed by atoms with Gasteiger partial charge in [-0.1, -0.05) is 38.1 Å². The van der Waals surface area contributed by atoms with Gasteiger partial charge in [0.25, 0.3) is 0 Å². The first kappa shape index (κ1) is 19.5. The Morgan fingerprint density at radius 2 is 2.16 bits per heavy atom. The summed E-state index contributed by atoms with van der Waals surface area (Å²) in [6.07, 6.45) is 0.759. The van der Waals surface area contributed by atoms with E-state index in [-0.39, 0.29) is 17.6 Å². The fourth-order valence-corrected chi connectivity index (χ4v) is 3.87. The molecule has 25 heavy (non-hydrogen) atoms. The Hall–Kier alpha value is -1.87. The van der Waals surface area contributed by atoms with Gasteiger partial charge in [-0.15, -0.1) is 21.5 Å². The summed E-state index contributed by atoms with van der Waals surface area (Å²) in [7, 11) is 0. The first-order chi connectivity index (χ1) is 12.0. The molecule has 0 radical (unpaired) electrons. The minimum atomic E-state index is -0.649. The number of rotatable bonds is 9. The zero-order chi connectivity index (χ0) is 18.4. The Morgan fingerprint density at radius 3 is 2.72 bits per heavy atom. The van der Waals surface area contributed by atoms with Gasteiger partial charge in [0.05, 0.1) is 10.6 Å². The van der Waals surface area contributed by atoms with Crippen LogP contribution in [0.1, 0.15) is 27.2 Å². The topological polar surface area (TPSA) is 103 Å². The molecule has 3 N–H and O–H groups in total. The van der Waals surface area contributed by atoms with E-state index in [1.165, 1.54) is 11.8 Å². The Balaban J connectivity index is 2.01. The molecule has 2 atom stereocenters. The van der Waals surface area contributed by atoms with Crippen molar-refractivity contribution in [3.8, 4) is 10.7 Å². The van der Waals surface area contributed by atoms with Gasteiger partial charge in [-0.25, -0.2) is 0 Å². The summed E-state index contributed by atoms with van der Waals surface area (Å²) in [5.41, 5.74) is 5.39. The highest BCUT2D eigenvalue weighted by Crippen LogP contribution is 2.27. The van der Waals surface area contributed by atoms with Crippen molar-refractivity contribution < 1.29 is 9.59 Å². The maximum absolute atomic E-state index is 12.2. The van der Waals surface area contributed by atoms with Crippen LogP contribution in [0.15, 0.2) is 22.7 Å². The molecule has 9 heteroatoms. The zero-order valence-electron chi connectivity index (χ0n) is 14.6. The van der Waals surface area contributed by atoms with Crippen LogP contribution < -0.4 is 11.1 Å². The number of thiophene rings is 1. The number of nitrogens with zero attached hydrogens (tertiary/aromatic N) is 3. The lowest BCUT2D eigenvalue weighted by Crippen LogP contribution is -2.48. The lowest BCUT2D eigenvalue weighted by molar-refractivity contribution is -0.127. The predicted octanol–water partition coefficient (Wildman–Crippen LogP) is 2.13. The van der Waals surface area contributed by atoms with E-state index in [0.29, 0.717) is 11.7 Å². The predicted molar refractivity (Wildman–Crippen MR) is 100 cm³/mol. The van der Waals surface area contributed by atoms with Crippen LogP contribution in [0.25, 0.3) is 10.7 Å². The smallest absolute Gasteiger partial charge is 0.240 e. The van der Waals surface area contributed by atoms with Gasteiger partial charge in [-0.2, -0.15) is 0 Å². The van der Waals surface area contributed by atoms with Crippen LogP contribution in [0.4, 0.5) is 0 Å². The van der Waals surface area contributed by atoms with E-state index in [1.54, 1.807) is 11.3 Å². The quantitative estimate of drug-likeness (QED) is 0.648. The van der Waals surface area contributed by atoms with Gasteiger partial charge in [0.15, 0.2) is 11.0 Å². The van der Waals surface area contributed by atoms with E-state index in [1.807, 2.05) is 42.9 Å². The zero-order valence-corrected chi connectivity index (χ0v) is 16.2. The number of nitrogens with two attached hydrogens (primary N) is 1. The Labute approximate surface area is 155 Å². The van der Waals surface area contributed by atoms with E-state index in [9.17, 15) is 9.59 Å². The van der Waals surface area contributed by atoms with Gasteiger partial charge in [-0.3, -0.25) is 9.59 Å². The lowest BCUT2D eigenvalue weighted by Gasteiger charge is -2.20. The van der Waals surface area contributed by atoms with Gasteiger partial charge in [0.2, 0.25) is 11.8 Å². The van der Waals surface area contributed by atoms with Crippen molar-refractivity contribution in [1.82, 2.24) is 20.1 Å². The van der Waals surface area contributed by atoms with Crippen molar-refractivity contribution in [2.45, 2.75) is 44.9 Å². The van der Waals surface area contributed by atoms with Crippen molar-refractivity contribution in [3.63, 3.8) is 0 Å². The average molecular weight is 382 g/mol. The number of thioether (sulfide) groups is 1. The number of carbonyl (C=O) groups is 2. The second-order valence-corrected chi connectivity index (χ2v) is 7.54. The summed E-state index contributed by atoms with van der Waals surface area (Å²) < 4.78 is 1.98. The second kappa shape index (κ2) is 9.00. The Bertz CT molecular complexity index is 714. The molecule has 0 fully saturated rings. The first-order valence-corrected chi connectivity index (χ1v) is 10.0. The number of primary amides is 1. The van der Waals surface area contributed by atoms with Crippen molar-refractivity contribution in [3.05, 3.63) is 17.5 Å². The standard InChI is InChI=1S/C16H23N5O2S2/c1-4-10(3)13(14(17)23)18-12(22)9-25-16-20-19-15(21(16)5-2)11-7-6-8-24-11/h6-8,10,13H,4-5,9H2,1-3H3,(H2,17,23)(H,18,22). The normalized spacial score (nSPS) is 13.4. The van der Waals surface area contributed by atoms with Crippen LogP contribution in [0, 0.1) is 5.92 Å². The van der Waals surface area contributed by atoms with E-state index in [0.717, 1.165) is 17.1 Å². The summed E-state index contributed by atoms with van der Waals surface area (Å²) in [4.78, 5) is 24.7. The number of amides is 2. The molecule has 2 heterocycles. The van der Waals surface area contributed by atoms with E-state index in [4.69, 9.17) is 5.73 Å². The van der Waals surface area contributed by atoms with E-state index >= 15 is 0 Å². The number of carbonyl (C=O) groups excluding carboxylic acids is 2. The van der Waals surface area contributed by atoms with Gasteiger partial charge >= 0.3 is 0 Å². The molecule has 7 nitrogen and oxygen atoms in total. The van der Waals surface area contributed by atoms with Gasteiger partial charge in [0, 0.05) is 6.54 Å². The molecule has 0 saturated carbocycles. The molecular formula is C16H23N5O2S2. The minimum Gasteiger partial charge on any atom is -0.368 e. The summed E-state index contributed by atoms with van der Waals surface area (Å²) in [6, 6.07) is 3.31. The maximum Gasteiger partial charge on any atom is 0.240 e. The highest BCUT2D eigenvalue weighted by molar-refractivity contribution is 7.99. The van der Waals surface area contributed by atoms with Crippen molar-refractivity contribution in [2.24, 2.45) is 11.7 Å². The molecule has 0 aliphatic heterocycles. The number of hydrogen-bond acceptors (Lipinski definition) is 6. The monoisotopic (exact) mass is 381 g/mol. The molecule has 2 unspecified atom stereocenters. The second-order valence-electron chi connectivity index (χ2n) is 5.65. The van der Waals surface area contributed by atoms with E-state index < -0.39 is 11.9 Å². The molecule has 0 aliphatic carbocycles. The highest BCUT2D eigenvalue weighted by atomic mass is 32.2. The third-order valence-corrected chi connectivity index (χ3v) is 5.78. The highest BCUT2D eigenvalue weighted by Gasteiger charge is 2.24. The van der Waals surface area contributed by atoms with Crippen molar-refractivity contribution >= 4 is 34.9 Å². The molecule has 0 spiro atoms. The number of aromatic nitrogens is 3. The number of nitrogens with one attached hydrogen (secondary N) is 1. The summed E-state index contributed by atoms with van der Waals surface area (Å²) >= 11 is 2.90. The van der Waals surface area contributed by atoms with Crippen LogP contribution in [0.5, 0.6) is 0 Å². The summed E-state index contributed by atoms with van der Waals surface area (Å²) in [6.45, 7) is 6.57. The van der Waals surface area contributed by atoms with Gasteiger partial charge in [0.1, 0.15) is 6.04 Å². The molecule has 2 aromatic heterocycles. The number of hydrogen-bond donors (Lipinski definition) is 2. The van der Waals surface area contributed by atoms with Gasteiger partial charge < -0.3 is 15.6 Å². The Kier molecular flexibility index (Phi) is 7.01. The largest absolute Gasteiger partial charge is 0.368 e. The summed E-state index contributed by atoms with van der Waals surface area (Å²) in [5, 5.41) is 13.8. The third kappa shape index (κ3) is 4.82. The molecule has 0 bridgehead atoms. The van der Waals surface area contributed by atoms with Crippen LogP contribution >= 0.6 is 23.1 Å². The van der Waals surface area contributed by atoms with Crippen LogP contribution in [-0.4, -0.2) is 38.4 Å². The molecular weight excluding hydrogens is 358 g/mol. The molecule has 2 aromatic rings. The van der Waals surface area contributed by atoms with Crippen LogP contribution in [0.3, 0.4) is 0 Å². The van der Waals surface area contributed by atoms with Crippen LogP contribution in [-0.2, 0) is 16.1 Å². The maximum atomic E-state index is 12.2. The van der Waals surface area contributed by atoms with Crippen molar-refractivity contribution in [1.29, 1.82) is 0 Å². The molecule has 2 amide bonds. The lowest BCUT2D eigenvalue weighted by atomic mass is 9.99. The third-order valence-electron chi connectivity index (χ3n) is 3.94. The minimum absolute atomic E-state index is 0.00354. The molecule has 136 valence electrons. The average Bonchev–Trinajstić information content (AvgIpc) is 3.25. The van der Waals surface area contributed by atoms with Crippen LogP contribution in [0.2, 0.25) is 0 Å². The molecule has 0 aromatic carbocycles. The summed E-state index contributed by atoms with van der Waals surface area (Å²) in [5.74, 6) is 0.205. The first-order valence-electron chi connectivity index (χ1n) is 8.16. The van der Waals surface area contributed by atoms with Gasteiger partial charge in [-0.05, 0) is 24.3 Å². The van der Waals surface area contributed by atoms with Crippen molar-refractivity contribution in [2.75, 3.05) is 5.75 Å².